The molecule has 1 aromatic rings. The number of aryl methyl sites for hydroxylation is 1. The zero-order valence-electron chi connectivity index (χ0n) is 30.2. The number of hydrogen-bond donors (Lipinski definition) is 0. The molecule has 262 valence electrons. The summed E-state index contributed by atoms with van der Waals surface area (Å²) in [5.74, 6) is -3.76. The van der Waals surface area contributed by atoms with Gasteiger partial charge in [0.25, 0.3) is 0 Å². The molecule has 5 aliphatic carbocycles. The molecule has 0 heterocycles. The second kappa shape index (κ2) is 11.2. The van der Waals surface area contributed by atoms with Gasteiger partial charge in [-0.2, -0.15) is 13.2 Å². The van der Waals surface area contributed by atoms with Crippen LogP contribution in [0.25, 0.3) is 5.57 Å². The molecule has 0 saturated heterocycles. The molecule has 0 N–H and O–H groups in total. The van der Waals surface area contributed by atoms with E-state index in [1.54, 1.807) is 0 Å². The smallest absolute Gasteiger partial charge is 0.274 e. The van der Waals surface area contributed by atoms with Crippen molar-refractivity contribution in [2.45, 2.75) is 119 Å². The van der Waals surface area contributed by atoms with Crippen LogP contribution in [0.1, 0.15) is 117 Å². The molecule has 7 heteroatoms. The third-order valence-corrected chi connectivity index (χ3v) is 15.4. The van der Waals surface area contributed by atoms with Gasteiger partial charge in [-0.25, -0.2) is 4.90 Å². The Hall–Kier alpha value is -2.70. The highest BCUT2D eigenvalue weighted by molar-refractivity contribution is 6.13. The van der Waals surface area contributed by atoms with Gasteiger partial charge < -0.3 is 0 Å². The molecule has 0 spiro atoms. The van der Waals surface area contributed by atoms with Crippen molar-refractivity contribution >= 4 is 23.3 Å². The van der Waals surface area contributed by atoms with Gasteiger partial charge in [0, 0.05) is 6.92 Å². The number of carbonyl (C=O) groups is 3. The highest BCUT2D eigenvalue weighted by atomic mass is 19.4. The minimum absolute atomic E-state index is 0.00680. The molecule has 9 atom stereocenters. The van der Waals surface area contributed by atoms with Gasteiger partial charge in [0.1, 0.15) is 0 Å². The van der Waals surface area contributed by atoms with Crippen molar-refractivity contribution in [1.29, 1.82) is 0 Å². The normalized spacial score (nSPS) is 40.0. The number of imide groups is 3. The first-order valence-electron chi connectivity index (χ1n) is 18.1. The summed E-state index contributed by atoms with van der Waals surface area (Å²) in [6.07, 6.45) is 4.31. The van der Waals surface area contributed by atoms with E-state index < -0.39 is 29.3 Å². The van der Waals surface area contributed by atoms with Gasteiger partial charge in [-0.1, -0.05) is 82.7 Å². The van der Waals surface area contributed by atoms with Crippen LogP contribution >= 0.6 is 0 Å². The molecule has 4 nitrogen and oxygen atoms in total. The molecule has 4 fully saturated rings. The zero-order valence-corrected chi connectivity index (χ0v) is 30.2. The fraction of sp³-hybridized carbons (Fsp3) is 0.683. The summed E-state index contributed by atoms with van der Waals surface area (Å²) in [5.41, 5.74) is 3.62. The number of carbonyl (C=O) groups excluding carboxylic acids is 3. The molecule has 1 aromatic carbocycles. The standard InChI is InChI=1S/C41H54F3NO3/c1-24(2)28-16-21-40(34(47)45(26(4)46)35(48)41(42,43)44)23-22-38(8)30(33(28)40)14-15-32-37(7)19-17-29(27-12-10-25(3)11-13-27)36(5,6)31(37)18-20-39(32,38)9/h10-13,17,28,30-33H,1,14-16,18-23H2,2-9H3/t28-,30+,31-,32+,33+,37-,38+,39+,40-/m0/s1. The van der Waals surface area contributed by atoms with Crippen LogP contribution in [0.15, 0.2) is 42.5 Å². The van der Waals surface area contributed by atoms with Crippen molar-refractivity contribution in [1.82, 2.24) is 4.90 Å². The Morgan fingerprint density at radius 1 is 0.833 bits per heavy atom. The largest absolute Gasteiger partial charge is 0.472 e. The van der Waals surface area contributed by atoms with Crippen molar-refractivity contribution in [2.24, 2.45) is 56.7 Å². The van der Waals surface area contributed by atoms with E-state index in [4.69, 9.17) is 0 Å². The maximum Gasteiger partial charge on any atom is 0.472 e. The molecule has 0 aromatic heterocycles. The molecule has 0 unspecified atom stereocenters. The summed E-state index contributed by atoms with van der Waals surface area (Å²) in [7, 11) is 0. The number of alkyl halides is 3. The molecule has 4 saturated carbocycles. The summed E-state index contributed by atoms with van der Waals surface area (Å²) in [5, 5.41) is 0. The highest BCUT2D eigenvalue weighted by Crippen LogP contribution is 2.78. The lowest BCUT2D eigenvalue weighted by Gasteiger charge is -2.72. The SMILES string of the molecule is C=C(C)[C@@H]1CC[C@]2(C(=O)N(C(C)=O)C(=O)C(F)(F)F)CC[C@]3(C)[C@H](CC[C@@H]4[C@@]5(C)CC=C(c6ccc(C)cc6)C(C)(C)[C@@H]5CC[C@]43C)[C@@H]12. The zero-order chi connectivity index (χ0) is 35.4. The Bertz CT molecular complexity index is 1570. The number of nitrogens with zero attached hydrogens (tertiary/aromatic N) is 1. The van der Waals surface area contributed by atoms with Crippen LogP contribution in [0.2, 0.25) is 0 Å². The summed E-state index contributed by atoms with van der Waals surface area (Å²) >= 11 is 0. The molecule has 0 aliphatic heterocycles. The predicted octanol–water partition coefficient (Wildman–Crippen LogP) is 10.1. The van der Waals surface area contributed by atoms with E-state index in [0.717, 1.165) is 44.6 Å². The summed E-state index contributed by atoms with van der Waals surface area (Å²) in [4.78, 5) is 39.5. The van der Waals surface area contributed by atoms with Crippen LogP contribution in [0, 0.1) is 63.6 Å². The average Bonchev–Trinajstić information content (AvgIpc) is 3.39. The van der Waals surface area contributed by atoms with Crippen molar-refractivity contribution in [3.63, 3.8) is 0 Å². The lowest BCUT2D eigenvalue weighted by atomic mass is 9.32. The molecular weight excluding hydrogens is 611 g/mol. The number of halogens is 3. The van der Waals surface area contributed by atoms with Gasteiger partial charge >= 0.3 is 12.1 Å². The van der Waals surface area contributed by atoms with Gasteiger partial charge in [0.15, 0.2) is 0 Å². The first-order valence-corrected chi connectivity index (χ1v) is 18.1. The van der Waals surface area contributed by atoms with E-state index in [2.05, 4.69) is 78.5 Å². The minimum Gasteiger partial charge on any atom is -0.274 e. The maximum atomic E-state index is 14.4. The second-order valence-corrected chi connectivity index (χ2v) is 17.7. The van der Waals surface area contributed by atoms with E-state index in [0.29, 0.717) is 37.5 Å². The summed E-state index contributed by atoms with van der Waals surface area (Å²) in [6.45, 7) is 21.5. The first-order chi connectivity index (χ1) is 22.2. The maximum absolute atomic E-state index is 14.4. The Morgan fingerprint density at radius 3 is 2.06 bits per heavy atom. The van der Waals surface area contributed by atoms with Gasteiger partial charge in [-0.05, 0) is 134 Å². The monoisotopic (exact) mass is 665 g/mol. The molecule has 6 rings (SSSR count). The van der Waals surface area contributed by atoms with Gasteiger partial charge in [0.05, 0.1) is 5.41 Å². The number of rotatable bonds is 3. The Kier molecular flexibility index (Phi) is 8.16. The Labute approximate surface area is 285 Å². The lowest BCUT2D eigenvalue weighted by molar-refractivity contribution is -0.227. The Balaban J connectivity index is 1.39. The van der Waals surface area contributed by atoms with E-state index in [-0.39, 0.29) is 44.3 Å². The number of hydrogen-bond acceptors (Lipinski definition) is 3. The van der Waals surface area contributed by atoms with Crippen LogP contribution in [0.3, 0.4) is 0 Å². The fourth-order valence-electron chi connectivity index (χ4n) is 13.1. The van der Waals surface area contributed by atoms with Crippen molar-refractivity contribution in [3.8, 4) is 0 Å². The second-order valence-electron chi connectivity index (χ2n) is 17.7. The summed E-state index contributed by atoms with van der Waals surface area (Å²) < 4.78 is 41.2. The molecule has 0 bridgehead atoms. The molecule has 0 radical (unpaired) electrons. The van der Waals surface area contributed by atoms with E-state index >= 15 is 0 Å². The third-order valence-electron chi connectivity index (χ3n) is 15.4. The van der Waals surface area contributed by atoms with Gasteiger partial charge in [-0.15, -0.1) is 0 Å². The Morgan fingerprint density at radius 2 is 1.48 bits per heavy atom. The number of fused-ring (bicyclic) bond motifs is 7. The number of allylic oxidation sites excluding steroid dienone is 3. The van der Waals surface area contributed by atoms with Crippen molar-refractivity contribution in [3.05, 3.63) is 53.6 Å². The van der Waals surface area contributed by atoms with E-state index in [9.17, 15) is 27.6 Å². The summed E-state index contributed by atoms with van der Waals surface area (Å²) in [6, 6.07) is 8.92. The van der Waals surface area contributed by atoms with Crippen molar-refractivity contribution < 1.29 is 27.6 Å². The predicted molar refractivity (Wildman–Crippen MR) is 182 cm³/mol. The van der Waals surface area contributed by atoms with Crippen LogP contribution in [0.5, 0.6) is 0 Å². The lowest BCUT2D eigenvalue weighted by Crippen LogP contribution is -2.67. The average molecular weight is 666 g/mol. The quantitative estimate of drug-likeness (QED) is 0.302. The molecular formula is C41H54F3NO3. The van der Waals surface area contributed by atoms with Crippen LogP contribution in [0.4, 0.5) is 13.2 Å². The van der Waals surface area contributed by atoms with Gasteiger partial charge in [-0.3, -0.25) is 14.4 Å². The van der Waals surface area contributed by atoms with Crippen LogP contribution < -0.4 is 0 Å². The van der Waals surface area contributed by atoms with Gasteiger partial charge in [0.2, 0.25) is 11.8 Å². The topological polar surface area (TPSA) is 54.5 Å². The van der Waals surface area contributed by atoms with Crippen LogP contribution in [-0.4, -0.2) is 28.8 Å². The number of amides is 3. The van der Waals surface area contributed by atoms with E-state index in [1.165, 1.54) is 16.7 Å². The molecule has 5 aliphatic rings. The van der Waals surface area contributed by atoms with Crippen molar-refractivity contribution in [2.75, 3.05) is 0 Å². The van der Waals surface area contributed by atoms with E-state index in [1.807, 2.05) is 6.92 Å². The number of benzene rings is 1. The minimum atomic E-state index is -5.32. The molecule has 48 heavy (non-hydrogen) atoms. The molecule has 3 amide bonds. The highest BCUT2D eigenvalue weighted by Gasteiger charge is 2.72. The third kappa shape index (κ3) is 4.71. The first kappa shape index (κ1) is 35.1. The van der Waals surface area contributed by atoms with Crippen LogP contribution in [-0.2, 0) is 14.4 Å². The fourth-order valence-corrected chi connectivity index (χ4v) is 13.1.